The molecule has 1 rings (SSSR count). The van der Waals surface area contributed by atoms with Crippen molar-refractivity contribution in [2.45, 2.75) is 33.2 Å². The van der Waals surface area contributed by atoms with Crippen LogP contribution < -0.4 is 10.6 Å². The normalized spacial score (nSPS) is 10.4. The third-order valence-electron chi connectivity index (χ3n) is 2.58. The average Bonchev–Trinajstić information content (AvgIpc) is 2.47. The minimum absolute atomic E-state index is 0.122. The summed E-state index contributed by atoms with van der Waals surface area (Å²) in [6, 6.07) is 6.90. The number of rotatable bonds is 5. The molecule has 114 valence electrons. The zero-order valence-corrected chi connectivity index (χ0v) is 12.4. The summed E-state index contributed by atoms with van der Waals surface area (Å²) in [7, 11) is 0. The smallest absolute Gasteiger partial charge is 0.252 e. The Morgan fingerprint density at radius 2 is 1.86 bits per heavy atom. The lowest BCUT2D eigenvalue weighted by atomic mass is 10.1. The van der Waals surface area contributed by atoms with Crippen LogP contribution in [0.25, 0.3) is 0 Å². The van der Waals surface area contributed by atoms with Crippen LogP contribution in [0.5, 0.6) is 0 Å². The van der Waals surface area contributed by atoms with Gasteiger partial charge in [0.15, 0.2) is 6.29 Å². The molecule has 6 heteroatoms. The molecule has 0 aliphatic heterocycles. The number of aldehydes is 1. The Balaban J connectivity index is 0.000000567. The Hall–Kier alpha value is -2.50. The van der Waals surface area contributed by atoms with Gasteiger partial charge in [-0.15, -0.1) is 0 Å². The van der Waals surface area contributed by atoms with Gasteiger partial charge in [-0.25, -0.2) is 0 Å². The molecule has 21 heavy (non-hydrogen) atoms. The van der Waals surface area contributed by atoms with Crippen LogP contribution in [0.3, 0.4) is 0 Å². The number of imide groups is 1. The maximum Gasteiger partial charge on any atom is 0.252 e. The first kappa shape index (κ1) is 18.5. The summed E-state index contributed by atoms with van der Waals surface area (Å²) in [5.41, 5.74) is 0.867. The molecule has 2 N–H and O–H groups in total. The molecule has 0 spiro atoms. The zero-order valence-electron chi connectivity index (χ0n) is 12.4. The van der Waals surface area contributed by atoms with Crippen molar-refractivity contribution in [1.29, 1.82) is 0 Å². The Bertz CT molecular complexity index is 500. The minimum Gasteiger partial charge on any atom is -0.350 e. The lowest BCUT2D eigenvalue weighted by Crippen LogP contribution is -2.32. The molecule has 1 aromatic carbocycles. The molecule has 3 amide bonds. The second-order valence-electron chi connectivity index (χ2n) is 4.31. The van der Waals surface area contributed by atoms with E-state index in [4.69, 9.17) is 0 Å². The number of hydrogen-bond donors (Lipinski definition) is 2. The summed E-state index contributed by atoms with van der Waals surface area (Å²) < 4.78 is 0. The lowest BCUT2D eigenvalue weighted by Gasteiger charge is -2.12. The van der Waals surface area contributed by atoms with Crippen molar-refractivity contribution in [2.75, 3.05) is 0 Å². The SMILES string of the molecule is CC(=O)NC=O.CCC(C)NC(=O)c1ccccc1C=O. The van der Waals surface area contributed by atoms with Gasteiger partial charge in [0.2, 0.25) is 12.3 Å². The van der Waals surface area contributed by atoms with Crippen LogP contribution in [0.15, 0.2) is 24.3 Å². The molecule has 1 aromatic rings. The van der Waals surface area contributed by atoms with Crippen molar-refractivity contribution in [3.8, 4) is 0 Å². The molecule has 0 saturated carbocycles. The summed E-state index contributed by atoms with van der Waals surface area (Å²) in [5.74, 6) is -0.517. The molecule has 0 fully saturated rings. The number of hydrogen-bond acceptors (Lipinski definition) is 4. The molecule has 0 heterocycles. The molecule has 1 unspecified atom stereocenters. The van der Waals surface area contributed by atoms with Gasteiger partial charge in [0, 0.05) is 24.1 Å². The van der Waals surface area contributed by atoms with E-state index < -0.39 is 0 Å². The Kier molecular flexibility index (Phi) is 9.08. The summed E-state index contributed by atoms with van der Waals surface area (Å²) in [6.07, 6.45) is 1.92. The van der Waals surface area contributed by atoms with Gasteiger partial charge in [-0.2, -0.15) is 0 Å². The van der Waals surface area contributed by atoms with Crippen molar-refractivity contribution in [2.24, 2.45) is 0 Å². The summed E-state index contributed by atoms with van der Waals surface area (Å²) in [4.78, 5) is 41.4. The van der Waals surface area contributed by atoms with Gasteiger partial charge in [-0.1, -0.05) is 25.1 Å². The fourth-order valence-corrected chi connectivity index (χ4v) is 1.29. The maximum atomic E-state index is 11.7. The van der Waals surface area contributed by atoms with Crippen LogP contribution in [0, 0.1) is 0 Å². The van der Waals surface area contributed by atoms with E-state index in [-0.39, 0.29) is 17.9 Å². The van der Waals surface area contributed by atoms with Crippen molar-refractivity contribution in [1.82, 2.24) is 10.6 Å². The molecule has 0 bridgehead atoms. The predicted molar refractivity (Wildman–Crippen MR) is 78.9 cm³/mol. The van der Waals surface area contributed by atoms with E-state index in [2.05, 4.69) is 5.32 Å². The van der Waals surface area contributed by atoms with Crippen molar-refractivity contribution in [3.05, 3.63) is 35.4 Å². The summed E-state index contributed by atoms with van der Waals surface area (Å²) >= 11 is 0. The van der Waals surface area contributed by atoms with Gasteiger partial charge >= 0.3 is 0 Å². The largest absolute Gasteiger partial charge is 0.350 e. The highest BCUT2D eigenvalue weighted by Gasteiger charge is 2.11. The summed E-state index contributed by atoms with van der Waals surface area (Å²) in [5, 5.41) is 4.71. The first-order chi connectivity index (χ1) is 9.96. The van der Waals surface area contributed by atoms with Gasteiger partial charge in [0.1, 0.15) is 0 Å². The first-order valence-corrected chi connectivity index (χ1v) is 6.52. The van der Waals surface area contributed by atoms with E-state index in [1.54, 1.807) is 24.3 Å². The van der Waals surface area contributed by atoms with Crippen LogP contribution in [0.4, 0.5) is 0 Å². The van der Waals surface area contributed by atoms with Gasteiger partial charge in [-0.05, 0) is 19.4 Å². The zero-order chi connectivity index (χ0) is 16.3. The number of benzene rings is 1. The van der Waals surface area contributed by atoms with Crippen LogP contribution in [0.1, 0.15) is 47.9 Å². The Morgan fingerprint density at radius 1 is 1.24 bits per heavy atom. The van der Waals surface area contributed by atoms with E-state index >= 15 is 0 Å². The molecule has 0 aliphatic carbocycles. The van der Waals surface area contributed by atoms with Crippen LogP contribution in [-0.4, -0.2) is 30.6 Å². The van der Waals surface area contributed by atoms with Crippen LogP contribution in [-0.2, 0) is 9.59 Å². The van der Waals surface area contributed by atoms with Gasteiger partial charge in [-0.3, -0.25) is 24.5 Å². The fourth-order valence-electron chi connectivity index (χ4n) is 1.29. The van der Waals surface area contributed by atoms with Gasteiger partial charge in [0.25, 0.3) is 5.91 Å². The molecule has 0 radical (unpaired) electrons. The Labute approximate surface area is 123 Å². The predicted octanol–water partition coefficient (Wildman–Crippen LogP) is 1.31. The molecule has 0 aliphatic rings. The first-order valence-electron chi connectivity index (χ1n) is 6.52. The van der Waals surface area contributed by atoms with E-state index in [9.17, 15) is 19.2 Å². The van der Waals surface area contributed by atoms with E-state index in [0.717, 1.165) is 6.42 Å². The molecule has 0 aromatic heterocycles. The van der Waals surface area contributed by atoms with Crippen molar-refractivity contribution >= 4 is 24.5 Å². The van der Waals surface area contributed by atoms with Crippen LogP contribution >= 0.6 is 0 Å². The Morgan fingerprint density at radius 3 is 2.29 bits per heavy atom. The highest BCUT2D eigenvalue weighted by atomic mass is 16.2. The third kappa shape index (κ3) is 7.61. The molecular weight excluding hydrogens is 272 g/mol. The quantitative estimate of drug-likeness (QED) is 0.800. The minimum atomic E-state index is -0.329. The second-order valence-corrected chi connectivity index (χ2v) is 4.31. The topological polar surface area (TPSA) is 92.3 Å². The number of amides is 3. The molecular formula is C15H20N2O4. The third-order valence-corrected chi connectivity index (χ3v) is 2.58. The van der Waals surface area contributed by atoms with E-state index in [0.29, 0.717) is 23.8 Å². The molecule has 0 saturated heterocycles. The van der Waals surface area contributed by atoms with Gasteiger partial charge < -0.3 is 5.32 Å². The number of carbonyl (C=O) groups excluding carboxylic acids is 4. The van der Waals surface area contributed by atoms with Crippen molar-refractivity contribution in [3.63, 3.8) is 0 Å². The monoisotopic (exact) mass is 292 g/mol. The van der Waals surface area contributed by atoms with E-state index in [1.165, 1.54) is 6.92 Å². The second kappa shape index (κ2) is 10.3. The fraction of sp³-hybridized carbons (Fsp3) is 0.333. The molecule has 1 atom stereocenters. The average molecular weight is 292 g/mol. The number of carbonyl (C=O) groups is 4. The maximum absolute atomic E-state index is 11.7. The highest BCUT2D eigenvalue weighted by Crippen LogP contribution is 2.06. The van der Waals surface area contributed by atoms with Crippen molar-refractivity contribution < 1.29 is 19.2 Å². The highest BCUT2D eigenvalue weighted by molar-refractivity contribution is 6.01. The molecule has 6 nitrogen and oxygen atoms in total. The van der Waals surface area contributed by atoms with Crippen LogP contribution in [0.2, 0.25) is 0 Å². The standard InChI is InChI=1S/C12H15NO2.C3H5NO2/c1-3-9(2)13-12(15)11-7-5-4-6-10(11)8-14;1-3(6)4-2-5/h4-9H,3H2,1-2H3,(H,13,15);2H,1H3,(H,4,5,6). The summed E-state index contributed by atoms with van der Waals surface area (Å²) in [6.45, 7) is 5.20. The van der Waals surface area contributed by atoms with Gasteiger partial charge in [0.05, 0.1) is 0 Å². The number of nitrogens with one attached hydrogen (secondary N) is 2. The van der Waals surface area contributed by atoms with E-state index in [1.807, 2.05) is 19.2 Å². The lowest BCUT2D eigenvalue weighted by molar-refractivity contribution is -0.123.